The number of hydrogen-bond acceptors (Lipinski definition) is 1. The maximum Gasteiger partial charge on any atom is 0.179 e. The van der Waals surface area contributed by atoms with Crippen LogP contribution in [0.25, 0.3) is 88.6 Å². The van der Waals surface area contributed by atoms with E-state index in [1.54, 1.807) is 0 Å². The lowest BCUT2D eigenvalue weighted by Gasteiger charge is -2.34. The SMILES string of the molecule is Cc1ccc(-c2cc(-c3ccc([Si](c4ccccc4)(c4ccccc4)c4ccccc4)cc3)nc(-n3c4ccccc4c4cc(-c5ccc6c(c5)c5ccccc5n6-c5ccccc5)ccc43)c2)cc1. The zero-order valence-electron chi connectivity index (χ0n) is 38.7. The summed E-state index contributed by atoms with van der Waals surface area (Å²) in [4.78, 5) is 5.60. The second-order valence-electron chi connectivity index (χ2n) is 18.4. The van der Waals surface area contributed by atoms with Crippen molar-refractivity contribution in [2.24, 2.45) is 0 Å². The third kappa shape index (κ3) is 6.83. The van der Waals surface area contributed by atoms with Crippen LogP contribution >= 0.6 is 0 Å². The second kappa shape index (κ2) is 17.0. The van der Waals surface area contributed by atoms with Gasteiger partial charge >= 0.3 is 0 Å². The zero-order valence-corrected chi connectivity index (χ0v) is 39.7. The van der Waals surface area contributed by atoms with Gasteiger partial charge < -0.3 is 4.57 Å². The smallest absolute Gasteiger partial charge is 0.179 e. The lowest BCUT2D eigenvalue weighted by molar-refractivity contribution is 1.08. The van der Waals surface area contributed by atoms with Gasteiger partial charge in [0.15, 0.2) is 8.07 Å². The first kappa shape index (κ1) is 41.4. The van der Waals surface area contributed by atoms with Crippen molar-refractivity contribution in [2.75, 3.05) is 0 Å². The molecule has 3 nitrogen and oxygen atoms in total. The number of nitrogens with zero attached hydrogens (tertiary/aromatic N) is 3. The largest absolute Gasteiger partial charge is 0.309 e. The number of para-hydroxylation sites is 3. The molecule has 3 aromatic heterocycles. The van der Waals surface area contributed by atoms with E-state index in [1.807, 2.05) is 0 Å². The maximum atomic E-state index is 5.60. The summed E-state index contributed by atoms with van der Waals surface area (Å²) in [6, 6.07) is 98.1. The van der Waals surface area contributed by atoms with Gasteiger partial charge in [-0.3, -0.25) is 4.57 Å². The first-order valence-electron chi connectivity index (χ1n) is 24.1. The number of hydrogen-bond donors (Lipinski definition) is 0. The van der Waals surface area contributed by atoms with Crippen LogP contribution in [0.4, 0.5) is 0 Å². The van der Waals surface area contributed by atoms with Crippen LogP contribution in [0.15, 0.2) is 267 Å². The third-order valence-corrected chi connectivity index (χ3v) is 19.2. The van der Waals surface area contributed by atoms with Gasteiger partial charge in [0.25, 0.3) is 0 Å². The average molecular weight is 910 g/mol. The summed E-state index contributed by atoms with van der Waals surface area (Å²) in [7, 11) is -2.70. The molecule has 0 radical (unpaired) electrons. The van der Waals surface area contributed by atoms with E-state index in [1.165, 1.54) is 70.0 Å². The molecule has 4 heteroatoms. The molecule has 0 unspecified atom stereocenters. The molecule has 13 rings (SSSR count). The first-order valence-corrected chi connectivity index (χ1v) is 26.1. The Labute approximate surface area is 408 Å². The monoisotopic (exact) mass is 909 g/mol. The number of aryl methyl sites for hydroxylation is 1. The topological polar surface area (TPSA) is 22.8 Å². The Balaban J connectivity index is 0.968. The Morgan fingerprint density at radius 3 is 1.26 bits per heavy atom. The molecule has 0 fully saturated rings. The molecule has 0 amide bonds. The van der Waals surface area contributed by atoms with Crippen molar-refractivity contribution in [3.8, 4) is 45.0 Å². The molecule has 0 atom stereocenters. The minimum atomic E-state index is -2.70. The highest BCUT2D eigenvalue weighted by molar-refractivity contribution is 7.19. The molecule has 13 aromatic rings. The molecule has 330 valence electrons. The van der Waals surface area contributed by atoms with Crippen LogP contribution in [0, 0.1) is 6.92 Å². The van der Waals surface area contributed by atoms with Crippen molar-refractivity contribution in [3.05, 3.63) is 272 Å². The van der Waals surface area contributed by atoms with Crippen LogP contribution in [0.1, 0.15) is 5.56 Å². The summed E-state index contributed by atoms with van der Waals surface area (Å²) in [6.45, 7) is 2.14. The van der Waals surface area contributed by atoms with Crippen molar-refractivity contribution in [3.63, 3.8) is 0 Å². The van der Waals surface area contributed by atoms with Crippen LogP contribution in [0.3, 0.4) is 0 Å². The molecule has 10 aromatic carbocycles. The van der Waals surface area contributed by atoms with Crippen LogP contribution in [0.2, 0.25) is 0 Å². The van der Waals surface area contributed by atoms with E-state index in [2.05, 4.69) is 283 Å². The van der Waals surface area contributed by atoms with E-state index in [0.29, 0.717) is 0 Å². The Kier molecular flexibility index (Phi) is 10.1. The number of rotatable bonds is 9. The van der Waals surface area contributed by atoms with E-state index >= 15 is 0 Å². The van der Waals surface area contributed by atoms with Crippen molar-refractivity contribution >= 4 is 72.4 Å². The minimum absolute atomic E-state index is 0.882. The number of fused-ring (bicyclic) bond motifs is 6. The second-order valence-corrected chi connectivity index (χ2v) is 22.2. The molecular weight excluding hydrogens is 863 g/mol. The maximum absolute atomic E-state index is 5.60. The number of benzene rings is 10. The average Bonchev–Trinajstić information content (AvgIpc) is 3.95. The fourth-order valence-electron chi connectivity index (χ4n) is 11.1. The normalized spacial score (nSPS) is 11.8. The van der Waals surface area contributed by atoms with E-state index in [-0.39, 0.29) is 0 Å². The van der Waals surface area contributed by atoms with Gasteiger partial charge in [0.1, 0.15) is 5.82 Å². The summed E-state index contributed by atoms with van der Waals surface area (Å²) in [5.41, 5.74) is 13.7. The summed E-state index contributed by atoms with van der Waals surface area (Å²) in [5, 5.41) is 10.3. The Hall–Kier alpha value is -8.83. The molecule has 3 heterocycles. The van der Waals surface area contributed by atoms with E-state index in [0.717, 1.165) is 44.9 Å². The highest BCUT2D eigenvalue weighted by Gasteiger charge is 2.41. The lowest BCUT2D eigenvalue weighted by atomic mass is 10.0. The summed E-state index contributed by atoms with van der Waals surface area (Å²) in [5.74, 6) is 0.882. The van der Waals surface area contributed by atoms with Crippen molar-refractivity contribution < 1.29 is 0 Å². The van der Waals surface area contributed by atoms with E-state index in [4.69, 9.17) is 4.98 Å². The van der Waals surface area contributed by atoms with Gasteiger partial charge in [0, 0.05) is 32.8 Å². The predicted molar refractivity (Wildman–Crippen MR) is 298 cm³/mol. The van der Waals surface area contributed by atoms with Crippen LogP contribution in [0.5, 0.6) is 0 Å². The molecule has 0 aliphatic rings. The van der Waals surface area contributed by atoms with E-state index in [9.17, 15) is 0 Å². The molecule has 0 saturated heterocycles. The van der Waals surface area contributed by atoms with Gasteiger partial charge in [-0.1, -0.05) is 212 Å². The van der Waals surface area contributed by atoms with Crippen LogP contribution in [-0.4, -0.2) is 22.2 Å². The fourth-order valence-corrected chi connectivity index (χ4v) is 15.8. The van der Waals surface area contributed by atoms with Crippen molar-refractivity contribution in [1.82, 2.24) is 14.1 Å². The predicted octanol–water partition coefficient (Wildman–Crippen LogP) is 14.0. The van der Waals surface area contributed by atoms with Gasteiger partial charge in [0.2, 0.25) is 0 Å². The first-order chi connectivity index (χ1) is 34.6. The van der Waals surface area contributed by atoms with Gasteiger partial charge in [-0.15, -0.1) is 0 Å². The number of pyridine rings is 1. The molecular formula is C66H47N3Si. The highest BCUT2D eigenvalue weighted by atomic mass is 28.3. The quantitative estimate of drug-likeness (QED) is 0.105. The summed E-state index contributed by atoms with van der Waals surface area (Å²) in [6.07, 6.45) is 0. The Morgan fingerprint density at radius 2 is 0.714 bits per heavy atom. The summed E-state index contributed by atoms with van der Waals surface area (Å²) >= 11 is 0. The minimum Gasteiger partial charge on any atom is -0.309 e. The van der Waals surface area contributed by atoms with Crippen LogP contribution < -0.4 is 20.7 Å². The number of aromatic nitrogens is 3. The molecule has 0 spiro atoms. The van der Waals surface area contributed by atoms with Gasteiger partial charge in [-0.05, 0) is 111 Å². The lowest BCUT2D eigenvalue weighted by Crippen LogP contribution is -2.74. The van der Waals surface area contributed by atoms with E-state index < -0.39 is 8.07 Å². The molecule has 70 heavy (non-hydrogen) atoms. The van der Waals surface area contributed by atoms with Gasteiger partial charge in [0.05, 0.1) is 27.8 Å². The van der Waals surface area contributed by atoms with Crippen molar-refractivity contribution in [1.29, 1.82) is 0 Å². The molecule has 0 N–H and O–H groups in total. The zero-order chi connectivity index (χ0) is 46.6. The molecule has 0 aliphatic heterocycles. The molecule has 0 aliphatic carbocycles. The Morgan fingerprint density at radius 1 is 0.300 bits per heavy atom. The molecule has 0 bridgehead atoms. The summed E-state index contributed by atoms with van der Waals surface area (Å²) < 4.78 is 4.74. The van der Waals surface area contributed by atoms with Gasteiger partial charge in [-0.2, -0.15) is 0 Å². The molecule has 0 saturated carbocycles. The highest BCUT2D eigenvalue weighted by Crippen LogP contribution is 2.39. The third-order valence-electron chi connectivity index (χ3n) is 14.4. The van der Waals surface area contributed by atoms with Crippen molar-refractivity contribution in [2.45, 2.75) is 6.92 Å². The fraction of sp³-hybridized carbons (Fsp3) is 0.0152. The Bertz CT molecular complexity index is 3930. The van der Waals surface area contributed by atoms with Crippen LogP contribution in [-0.2, 0) is 0 Å². The standard InChI is InChI=1S/C66H47N3Si/c1-46-30-32-47(33-31-46)51-44-61(48-34-38-56(39-35-48)70(53-20-8-3-9-21-53,54-22-10-4-11-23-54)55-24-12-5-13-25-55)67-66(45-51)69-63-29-17-15-27-58(63)60-43-50(37-41-65(60)69)49-36-40-64-59(42-49)57-26-14-16-28-62(57)68(64)52-18-6-2-7-19-52/h2-45H,1H3. The van der Waals surface area contributed by atoms with Gasteiger partial charge in [-0.25, -0.2) is 4.98 Å².